The summed E-state index contributed by atoms with van der Waals surface area (Å²) in [5.74, 6) is -0.336. The molecule has 0 fully saturated rings. The molecule has 1 unspecified atom stereocenters. The number of nitro benzene ring substituents is 1. The Morgan fingerprint density at radius 1 is 1.52 bits per heavy atom. The molecule has 2 rings (SSSR count). The quantitative estimate of drug-likeness (QED) is 0.666. The fraction of sp³-hybridized carbons (Fsp3) is 0.308. The Kier molecular flexibility index (Phi) is 4.27. The molecule has 110 valence electrons. The van der Waals surface area contributed by atoms with Crippen LogP contribution < -0.4 is 5.32 Å². The Morgan fingerprint density at radius 3 is 2.86 bits per heavy atom. The molecule has 1 atom stereocenters. The Balaban J connectivity index is 2.37. The number of nitro groups is 1. The van der Waals surface area contributed by atoms with Gasteiger partial charge in [-0.15, -0.1) is 0 Å². The number of hydrogen-bond acceptors (Lipinski definition) is 5. The van der Waals surface area contributed by atoms with Gasteiger partial charge in [-0.25, -0.2) is 9.67 Å². The Hall–Kier alpha value is -2.77. The summed E-state index contributed by atoms with van der Waals surface area (Å²) in [6.07, 6.45) is 3.43. The molecule has 0 radical (unpaired) electrons. The summed E-state index contributed by atoms with van der Waals surface area (Å²) in [7, 11) is 0. The minimum atomic E-state index is -0.545. The molecule has 1 amide bonds. The molecule has 21 heavy (non-hydrogen) atoms. The second kappa shape index (κ2) is 6.12. The first-order chi connectivity index (χ1) is 10.0. The Bertz CT molecular complexity index is 654. The van der Waals surface area contributed by atoms with Crippen LogP contribution in [0, 0.1) is 10.1 Å². The van der Waals surface area contributed by atoms with Crippen molar-refractivity contribution in [1.82, 2.24) is 20.1 Å². The third kappa shape index (κ3) is 3.22. The van der Waals surface area contributed by atoms with Gasteiger partial charge in [0.1, 0.15) is 18.3 Å². The van der Waals surface area contributed by atoms with Gasteiger partial charge in [-0.1, -0.05) is 6.92 Å². The van der Waals surface area contributed by atoms with E-state index in [1.165, 1.54) is 35.5 Å². The second-order valence-corrected chi connectivity index (χ2v) is 4.58. The highest BCUT2D eigenvalue weighted by Gasteiger charge is 2.19. The van der Waals surface area contributed by atoms with Gasteiger partial charge >= 0.3 is 0 Å². The highest BCUT2D eigenvalue weighted by molar-refractivity contribution is 5.95. The van der Waals surface area contributed by atoms with E-state index in [0.29, 0.717) is 0 Å². The van der Waals surface area contributed by atoms with Crippen molar-refractivity contribution in [3.05, 3.63) is 46.5 Å². The maximum atomic E-state index is 12.0. The predicted molar refractivity (Wildman–Crippen MR) is 75.2 cm³/mol. The van der Waals surface area contributed by atoms with Crippen molar-refractivity contribution < 1.29 is 9.72 Å². The maximum Gasteiger partial charge on any atom is 0.295 e. The molecular formula is C13H15N5O3. The van der Waals surface area contributed by atoms with Gasteiger partial charge < -0.3 is 5.32 Å². The van der Waals surface area contributed by atoms with Crippen molar-refractivity contribution in [3.63, 3.8) is 0 Å². The van der Waals surface area contributed by atoms with Gasteiger partial charge in [-0.2, -0.15) is 5.10 Å². The van der Waals surface area contributed by atoms with Crippen molar-refractivity contribution in [3.8, 4) is 5.69 Å². The lowest BCUT2D eigenvalue weighted by atomic mass is 10.1. The molecule has 1 aromatic carbocycles. The zero-order chi connectivity index (χ0) is 15.4. The number of hydrogen-bond donors (Lipinski definition) is 1. The molecule has 8 heteroatoms. The molecule has 0 aliphatic rings. The molecule has 0 bridgehead atoms. The van der Waals surface area contributed by atoms with Crippen LogP contribution in [0.2, 0.25) is 0 Å². The summed E-state index contributed by atoms with van der Waals surface area (Å²) in [4.78, 5) is 26.4. The summed E-state index contributed by atoms with van der Waals surface area (Å²) in [6, 6.07) is 4.26. The Labute approximate surface area is 121 Å². The standard InChI is InChI=1S/C13H15N5O3/c1-3-9(2)16-13(19)10-4-5-11(12(6-10)18(20)21)17-8-14-7-15-17/h4-9H,3H2,1-2H3,(H,16,19). The summed E-state index contributed by atoms with van der Waals surface area (Å²) >= 11 is 0. The van der Waals surface area contributed by atoms with Crippen LogP contribution >= 0.6 is 0 Å². The van der Waals surface area contributed by atoms with Gasteiger partial charge in [0, 0.05) is 17.7 Å². The third-order valence-corrected chi connectivity index (χ3v) is 3.09. The van der Waals surface area contributed by atoms with E-state index in [2.05, 4.69) is 15.4 Å². The van der Waals surface area contributed by atoms with E-state index in [1.807, 2.05) is 13.8 Å². The summed E-state index contributed by atoms with van der Waals surface area (Å²) in [5, 5.41) is 17.8. The van der Waals surface area contributed by atoms with E-state index >= 15 is 0 Å². The molecule has 0 aliphatic heterocycles. The number of carbonyl (C=O) groups is 1. The number of amides is 1. The fourth-order valence-corrected chi connectivity index (χ4v) is 1.75. The van der Waals surface area contributed by atoms with Gasteiger partial charge in [0.25, 0.3) is 11.6 Å². The second-order valence-electron chi connectivity index (χ2n) is 4.58. The van der Waals surface area contributed by atoms with Crippen molar-refractivity contribution >= 4 is 11.6 Å². The van der Waals surface area contributed by atoms with Crippen LogP contribution in [-0.2, 0) is 0 Å². The van der Waals surface area contributed by atoms with Crippen LogP contribution in [0.1, 0.15) is 30.6 Å². The molecule has 1 aromatic heterocycles. The van der Waals surface area contributed by atoms with Crippen molar-refractivity contribution in [2.45, 2.75) is 26.3 Å². The number of carbonyl (C=O) groups excluding carboxylic acids is 1. The molecule has 2 aromatic rings. The van der Waals surface area contributed by atoms with E-state index < -0.39 is 4.92 Å². The lowest BCUT2D eigenvalue weighted by Crippen LogP contribution is -2.31. The lowest BCUT2D eigenvalue weighted by Gasteiger charge is -2.11. The normalized spacial score (nSPS) is 11.9. The lowest BCUT2D eigenvalue weighted by molar-refractivity contribution is -0.384. The number of rotatable bonds is 5. The van der Waals surface area contributed by atoms with E-state index in [-0.39, 0.29) is 28.9 Å². The van der Waals surface area contributed by atoms with E-state index in [4.69, 9.17) is 0 Å². The summed E-state index contributed by atoms with van der Waals surface area (Å²) in [6.45, 7) is 3.82. The minimum Gasteiger partial charge on any atom is -0.350 e. The highest BCUT2D eigenvalue weighted by Crippen LogP contribution is 2.23. The first-order valence-electron chi connectivity index (χ1n) is 6.47. The molecule has 1 heterocycles. The molecule has 1 N–H and O–H groups in total. The number of nitrogens with one attached hydrogen (secondary N) is 1. The van der Waals surface area contributed by atoms with Crippen molar-refractivity contribution in [2.24, 2.45) is 0 Å². The largest absolute Gasteiger partial charge is 0.350 e. The van der Waals surface area contributed by atoms with Crippen molar-refractivity contribution in [1.29, 1.82) is 0 Å². The monoisotopic (exact) mass is 289 g/mol. The number of nitrogens with zero attached hydrogens (tertiary/aromatic N) is 4. The van der Waals surface area contributed by atoms with Gasteiger partial charge in [0.2, 0.25) is 0 Å². The van der Waals surface area contributed by atoms with E-state index in [0.717, 1.165) is 6.42 Å². The third-order valence-electron chi connectivity index (χ3n) is 3.09. The SMILES string of the molecule is CCC(C)NC(=O)c1ccc(-n2cncn2)c([N+](=O)[O-])c1. The first kappa shape index (κ1) is 14.6. The number of aromatic nitrogens is 3. The van der Waals surface area contributed by atoms with Crippen LogP contribution in [0.25, 0.3) is 5.69 Å². The smallest absolute Gasteiger partial charge is 0.295 e. The van der Waals surface area contributed by atoms with Gasteiger partial charge in [0.15, 0.2) is 0 Å². The first-order valence-corrected chi connectivity index (χ1v) is 6.47. The summed E-state index contributed by atoms with van der Waals surface area (Å²) in [5.41, 5.74) is 0.306. The van der Waals surface area contributed by atoms with E-state index in [9.17, 15) is 14.9 Å². The summed E-state index contributed by atoms with van der Waals surface area (Å²) < 4.78 is 1.29. The maximum absolute atomic E-state index is 12.0. The van der Waals surface area contributed by atoms with Gasteiger partial charge in [-0.05, 0) is 25.5 Å². The molecule has 8 nitrogen and oxygen atoms in total. The van der Waals surface area contributed by atoms with Gasteiger partial charge in [-0.3, -0.25) is 14.9 Å². The average molecular weight is 289 g/mol. The topological polar surface area (TPSA) is 103 Å². The van der Waals surface area contributed by atoms with Crippen molar-refractivity contribution in [2.75, 3.05) is 0 Å². The molecular weight excluding hydrogens is 274 g/mol. The highest BCUT2D eigenvalue weighted by atomic mass is 16.6. The molecule has 0 saturated carbocycles. The van der Waals surface area contributed by atoms with Crippen LogP contribution in [0.5, 0.6) is 0 Å². The molecule has 0 aliphatic carbocycles. The zero-order valence-corrected chi connectivity index (χ0v) is 11.7. The fourth-order valence-electron chi connectivity index (χ4n) is 1.75. The number of benzene rings is 1. The zero-order valence-electron chi connectivity index (χ0n) is 11.7. The van der Waals surface area contributed by atoms with Crippen LogP contribution in [0.3, 0.4) is 0 Å². The minimum absolute atomic E-state index is 0.00606. The van der Waals surface area contributed by atoms with Gasteiger partial charge in [0.05, 0.1) is 4.92 Å². The predicted octanol–water partition coefficient (Wildman–Crippen LogP) is 1.70. The average Bonchev–Trinajstić information content (AvgIpc) is 3.00. The molecule has 0 spiro atoms. The van der Waals surface area contributed by atoms with E-state index in [1.54, 1.807) is 0 Å². The molecule has 0 saturated heterocycles. The van der Waals surface area contributed by atoms with Crippen LogP contribution in [-0.4, -0.2) is 31.6 Å². The Morgan fingerprint density at radius 2 is 2.29 bits per heavy atom. The van der Waals surface area contributed by atoms with Crippen LogP contribution in [0.4, 0.5) is 5.69 Å². The van der Waals surface area contributed by atoms with Crippen LogP contribution in [0.15, 0.2) is 30.9 Å².